The van der Waals surface area contributed by atoms with E-state index in [0.717, 1.165) is 30.6 Å². The first-order valence-corrected chi connectivity index (χ1v) is 13.0. The largest absolute Gasteiger partial charge is 0.392 e. The summed E-state index contributed by atoms with van der Waals surface area (Å²) in [6.45, 7) is 6.92. The van der Waals surface area contributed by atoms with Crippen molar-refractivity contribution in [2.45, 2.75) is 65.1 Å². The molecule has 1 aromatic heterocycles. The van der Waals surface area contributed by atoms with Crippen molar-refractivity contribution in [3.63, 3.8) is 0 Å². The van der Waals surface area contributed by atoms with Gasteiger partial charge in [-0.25, -0.2) is 0 Å². The highest BCUT2D eigenvalue weighted by atomic mass is 32.1. The average molecular weight is 469 g/mol. The highest BCUT2D eigenvalue weighted by Gasteiger charge is 2.53. The van der Waals surface area contributed by atoms with Gasteiger partial charge in [0.05, 0.1) is 12.6 Å². The van der Waals surface area contributed by atoms with E-state index in [0.29, 0.717) is 12.1 Å². The van der Waals surface area contributed by atoms with Crippen LogP contribution in [0.5, 0.6) is 0 Å². The van der Waals surface area contributed by atoms with Crippen LogP contribution >= 0.6 is 11.3 Å². The number of carbonyl (C=O) groups excluding carboxylic acids is 2. The highest BCUT2D eigenvalue weighted by Crippen LogP contribution is 2.55. The molecule has 7 atom stereocenters. The SMILES string of the molecule is C[C@H]1[C@@H]2[C@@H](O)[C@@H]([C@H](C)C(=O)NCc3cccs3)CC[C@@]2(C)CC[C@@H]1NC(=O)c1ccccc1. The summed E-state index contributed by atoms with van der Waals surface area (Å²) in [6.07, 6.45) is 3.20. The van der Waals surface area contributed by atoms with Crippen molar-refractivity contribution in [2.75, 3.05) is 0 Å². The standard InChI is InChI=1S/C27H36N2O3S/c1-17(25(31)28-16-20-10-7-15-33-20)21-11-13-27(3)14-12-22(18(2)23(27)24(21)30)29-26(32)19-8-5-4-6-9-19/h4-10,15,17-18,21-24,30H,11-14,16H2,1-3H3,(H,28,31)(H,29,32)/t17-,18+,21+,22-,23+,24-,27-/m0/s1. The molecular formula is C27H36N2O3S. The maximum atomic E-state index is 12.9. The van der Waals surface area contributed by atoms with Crippen LogP contribution in [-0.4, -0.2) is 29.1 Å². The fourth-order valence-corrected chi connectivity index (χ4v) is 6.93. The Hall–Kier alpha value is -2.18. The second-order valence-corrected chi connectivity index (χ2v) is 11.3. The quantitative estimate of drug-likeness (QED) is 0.579. The summed E-state index contributed by atoms with van der Waals surface area (Å²) in [6, 6.07) is 13.3. The van der Waals surface area contributed by atoms with Crippen molar-refractivity contribution in [1.29, 1.82) is 0 Å². The van der Waals surface area contributed by atoms with Crippen LogP contribution in [0.3, 0.4) is 0 Å². The molecule has 0 radical (unpaired) electrons. The van der Waals surface area contributed by atoms with E-state index in [2.05, 4.69) is 24.5 Å². The number of aliphatic hydroxyl groups excluding tert-OH is 1. The molecule has 3 N–H and O–H groups in total. The Kier molecular flexibility index (Phi) is 7.25. The zero-order valence-electron chi connectivity index (χ0n) is 19.8. The number of fused-ring (bicyclic) bond motifs is 1. The van der Waals surface area contributed by atoms with E-state index >= 15 is 0 Å². The zero-order valence-corrected chi connectivity index (χ0v) is 20.6. The molecule has 33 heavy (non-hydrogen) atoms. The molecule has 2 amide bonds. The van der Waals surface area contributed by atoms with Crippen LogP contribution < -0.4 is 10.6 Å². The van der Waals surface area contributed by atoms with E-state index in [4.69, 9.17) is 0 Å². The van der Waals surface area contributed by atoms with Crippen molar-refractivity contribution in [3.8, 4) is 0 Å². The maximum Gasteiger partial charge on any atom is 0.251 e. The number of hydrogen-bond donors (Lipinski definition) is 3. The van der Waals surface area contributed by atoms with Crippen LogP contribution in [0.15, 0.2) is 47.8 Å². The average Bonchev–Trinajstić information content (AvgIpc) is 3.33. The summed E-state index contributed by atoms with van der Waals surface area (Å²) in [7, 11) is 0. The minimum absolute atomic E-state index is 0.00782. The minimum Gasteiger partial charge on any atom is -0.392 e. The van der Waals surface area contributed by atoms with Crippen molar-refractivity contribution in [1.82, 2.24) is 10.6 Å². The fourth-order valence-electron chi connectivity index (χ4n) is 6.28. The molecule has 2 aliphatic carbocycles. The van der Waals surface area contributed by atoms with Crippen LogP contribution in [0.1, 0.15) is 61.7 Å². The van der Waals surface area contributed by atoms with Crippen LogP contribution in [-0.2, 0) is 11.3 Å². The summed E-state index contributed by atoms with van der Waals surface area (Å²) in [4.78, 5) is 26.8. The normalized spacial score (nSPS) is 32.4. The smallest absolute Gasteiger partial charge is 0.251 e. The van der Waals surface area contributed by atoms with Crippen molar-refractivity contribution in [2.24, 2.45) is 29.1 Å². The van der Waals surface area contributed by atoms with Gasteiger partial charge in [0.1, 0.15) is 0 Å². The lowest BCUT2D eigenvalue weighted by Crippen LogP contribution is -2.58. The Balaban J connectivity index is 1.43. The molecule has 4 rings (SSSR count). The molecule has 2 fully saturated rings. The van der Waals surface area contributed by atoms with Gasteiger partial charge < -0.3 is 15.7 Å². The van der Waals surface area contributed by atoms with Crippen LogP contribution in [0, 0.1) is 29.1 Å². The first-order valence-electron chi connectivity index (χ1n) is 12.1. The molecule has 0 aliphatic heterocycles. The third kappa shape index (κ3) is 5.02. The number of benzene rings is 1. The Labute approximate surface area is 201 Å². The number of thiophene rings is 1. The van der Waals surface area contributed by atoms with Gasteiger partial charge in [0.2, 0.25) is 5.91 Å². The van der Waals surface area contributed by atoms with Crippen molar-refractivity contribution < 1.29 is 14.7 Å². The summed E-state index contributed by atoms with van der Waals surface area (Å²) in [5.41, 5.74) is 0.701. The summed E-state index contributed by atoms with van der Waals surface area (Å²) < 4.78 is 0. The third-order valence-corrected chi connectivity index (χ3v) is 9.19. The van der Waals surface area contributed by atoms with E-state index in [9.17, 15) is 14.7 Å². The second kappa shape index (κ2) is 9.98. The molecule has 1 aromatic carbocycles. The first kappa shape index (κ1) is 24.0. The molecule has 0 unspecified atom stereocenters. The van der Waals surface area contributed by atoms with Crippen LogP contribution in [0.2, 0.25) is 0 Å². The van der Waals surface area contributed by atoms with E-state index in [1.165, 1.54) is 0 Å². The fraction of sp³-hybridized carbons (Fsp3) is 0.556. The van der Waals surface area contributed by atoms with Crippen LogP contribution in [0.25, 0.3) is 0 Å². The van der Waals surface area contributed by atoms with Gasteiger partial charge in [0.25, 0.3) is 5.91 Å². The Morgan fingerprint density at radius 3 is 2.58 bits per heavy atom. The number of rotatable bonds is 6. The van der Waals surface area contributed by atoms with Crippen molar-refractivity contribution in [3.05, 3.63) is 58.3 Å². The molecular weight excluding hydrogens is 432 g/mol. The lowest BCUT2D eigenvalue weighted by molar-refractivity contribution is -0.142. The molecule has 5 nitrogen and oxygen atoms in total. The van der Waals surface area contributed by atoms with Gasteiger partial charge in [-0.1, -0.05) is 45.0 Å². The molecule has 2 aliphatic rings. The maximum absolute atomic E-state index is 12.9. The monoisotopic (exact) mass is 468 g/mol. The van der Waals surface area contributed by atoms with E-state index < -0.39 is 6.10 Å². The molecule has 178 valence electrons. The number of nitrogens with one attached hydrogen (secondary N) is 2. The van der Waals surface area contributed by atoms with Gasteiger partial charge in [-0.05, 0) is 72.4 Å². The highest BCUT2D eigenvalue weighted by molar-refractivity contribution is 7.09. The predicted molar refractivity (Wildman–Crippen MR) is 132 cm³/mol. The molecule has 0 spiro atoms. The van der Waals surface area contributed by atoms with E-state index in [-0.39, 0.29) is 46.9 Å². The molecule has 0 bridgehead atoms. The molecule has 0 saturated heterocycles. The van der Waals surface area contributed by atoms with E-state index in [1.807, 2.05) is 54.8 Å². The summed E-state index contributed by atoms with van der Waals surface area (Å²) >= 11 is 1.63. The zero-order chi connectivity index (χ0) is 23.6. The van der Waals surface area contributed by atoms with Gasteiger partial charge in [-0.2, -0.15) is 0 Å². The number of amides is 2. The summed E-state index contributed by atoms with van der Waals surface area (Å²) in [5.74, 6) is -0.185. The first-order chi connectivity index (χ1) is 15.8. The van der Waals surface area contributed by atoms with Gasteiger partial charge >= 0.3 is 0 Å². The van der Waals surface area contributed by atoms with Gasteiger partial charge in [-0.15, -0.1) is 11.3 Å². The van der Waals surface area contributed by atoms with Gasteiger partial charge in [0.15, 0.2) is 0 Å². The third-order valence-electron chi connectivity index (χ3n) is 8.31. The van der Waals surface area contributed by atoms with E-state index in [1.54, 1.807) is 11.3 Å². The van der Waals surface area contributed by atoms with Gasteiger partial charge in [0, 0.05) is 22.4 Å². The summed E-state index contributed by atoms with van der Waals surface area (Å²) in [5, 5.41) is 19.8. The molecule has 6 heteroatoms. The van der Waals surface area contributed by atoms with Crippen LogP contribution in [0.4, 0.5) is 0 Å². The number of aliphatic hydroxyl groups is 1. The predicted octanol–water partition coefficient (Wildman–Crippen LogP) is 4.62. The second-order valence-electron chi connectivity index (χ2n) is 10.3. The molecule has 2 saturated carbocycles. The Morgan fingerprint density at radius 2 is 1.88 bits per heavy atom. The lowest BCUT2D eigenvalue weighted by atomic mass is 9.51. The van der Waals surface area contributed by atoms with Gasteiger partial charge in [-0.3, -0.25) is 9.59 Å². The minimum atomic E-state index is -0.558. The Morgan fingerprint density at radius 1 is 1.15 bits per heavy atom. The lowest BCUT2D eigenvalue weighted by Gasteiger charge is -2.56. The molecule has 2 aromatic rings. The van der Waals surface area contributed by atoms with Crippen molar-refractivity contribution >= 4 is 23.2 Å². The Bertz CT molecular complexity index is 948. The molecule has 1 heterocycles. The number of hydrogen-bond acceptors (Lipinski definition) is 4. The topological polar surface area (TPSA) is 78.4 Å². The number of carbonyl (C=O) groups is 2.